The molecule has 3 nitrogen and oxygen atoms in total. The lowest BCUT2D eigenvalue weighted by Crippen LogP contribution is -2.17. The number of hydrogen-bond donors (Lipinski definition) is 1. The Hall–Kier alpha value is -1.84. The molecule has 0 radical (unpaired) electrons. The molecule has 2 aromatic rings. The van der Waals surface area contributed by atoms with Crippen LogP contribution in [0, 0.1) is 0 Å². The van der Waals surface area contributed by atoms with Crippen LogP contribution in [0.4, 0.5) is 0 Å². The van der Waals surface area contributed by atoms with Crippen molar-refractivity contribution >= 4 is 35.3 Å². The number of rotatable bonds is 4. The minimum absolute atomic E-state index is 0.283. The lowest BCUT2D eigenvalue weighted by atomic mass is 10.0. The summed E-state index contributed by atoms with van der Waals surface area (Å²) in [5, 5.41) is 4.86. The van der Waals surface area contributed by atoms with E-state index in [4.69, 9.17) is 23.2 Å². The van der Waals surface area contributed by atoms with E-state index in [0.29, 0.717) is 27.1 Å². The number of nitrogens with zero attached hydrogens (tertiary/aromatic N) is 1. The van der Waals surface area contributed by atoms with Crippen LogP contribution in [0.3, 0.4) is 0 Å². The largest absolute Gasteiger partial charge is 0.271 e. The highest BCUT2D eigenvalue weighted by Crippen LogP contribution is 2.22. The monoisotopic (exact) mass is 334 g/mol. The van der Waals surface area contributed by atoms with Gasteiger partial charge in [0.2, 0.25) is 0 Å². The maximum atomic E-state index is 12.0. The first kappa shape index (κ1) is 16.5. The summed E-state index contributed by atoms with van der Waals surface area (Å²) in [4.78, 5) is 12.0. The van der Waals surface area contributed by atoms with Gasteiger partial charge in [-0.15, -0.1) is 0 Å². The van der Waals surface area contributed by atoms with Crippen LogP contribution in [0.5, 0.6) is 0 Å². The molecular formula is C17H16Cl2N2O. The first-order valence-electron chi connectivity index (χ1n) is 6.86. The average Bonchev–Trinajstić information content (AvgIpc) is 2.50. The molecule has 0 aliphatic heterocycles. The molecule has 0 saturated carbocycles. The predicted octanol–water partition coefficient (Wildman–Crippen LogP) is 4.88. The molecule has 0 aliphatic rings. The third kappa shape index (κ3) is 4.09. The second-order valence-electron chi connectivity index (χ2n) is 5.11. The molecule has 0 aliphatic carbocycles. The number of carbonyl (C=O) groups excluding carboxylic acids is 1. The Balaban J connectivity index is 2.05. The topological polar surface area (TPSA) is 41.5 Å². The maximum absolute atomic E-state index is 12.0. The van der Waals surface area contributed by atoms with E-state index in [2.05, 4.69) is 24.4 Å². The molecule has 2 rings (SSSR count). The van der Waals surface area contributed by atoms with Crippen molar-refractivity contribution < 1.29 is 4.79 Å². The molecule has 0 unspecified atom stereocenters. The van der Waals surface area contributed by atoms with Gasteiger partial charge in [0.15, 0.2) is 0 Å². The molecule has 0 aromatic heterocycles. The molecule has 0 bridgehead atoms. The SMILES string of the molecule is CC(C)c1ccc(C(=O)NN=Cc2c(Cl)cccc2Cl)cc1. The van der Waals surface area contributed by atoms with Crippen molar-refractivity contribution in [2.24, 2.45) is 5.10 Å². The van der Waals surface area contributed by atoms with Crippen LogP contribution in [0.2, 0.25) is 10.0 Å². The molecule has 5 heteroatoms. The van der Waals surface area contributed by atoms with Gasteiger partial charge >= 0.3 is 0 Å². The molecule has 0 atom stereocenters. The van der Waals surface area contributed by atoms with Gasteiger partial charge in [-0.3, -0.25) is 4.79 Å². The first-order valence-corrected chi connectivity index (χ1v) is 7.62. The molecule has 114 valence electrons. The van der Waals surface area contributed by atoms with Gasteiger partial charge in [-0.1, -0.05) is 55.2 Å². The van der Waals surface area contributed by atoms with Crippen LogP contribution in [0.15, 0.2) is 47.6 Å². The summed E-state index contributed by atoms with van der Waals surface area (Å²) in [5.74, 6) is 0.146. The smallest absolute Gasteiger partial charge is 0.267 e. The van der Waals surface area contributed by atoms with Crippen molar-refractivity contribution in [3.63, 3.8) is 0 Å². The first-order chi connectivity index (χ1) is 10.5. The van der Waals surface area contributed by atoms with Gasteiger partial charge in [-0.2, -0.15) is 5.10 Å². The quantitative estimate of drug-likeness (QED) is 0.628. The van der Waals surface area contributed by atoms with Gasteiger partial charge in [0, 0.05) is 11.1 Å². The fourth-order valence-electron chi connectivity index (χ4n) is 1.87. The summed E-state index contributed by atoms with van der Waals surface area (Å²) in [6, 6.07) is 12.6. The number of benzene rings is 2. The Morgan fingerprint density at radius 3 is 2.23 bits per heavy atom. The van der Waals surface area contributed by atoms with E-state index in [1.54, 1.807) is 30.3 Å². The van der Waals surface area contributed by atoms with E-state index in [9.17, 15) is 4.79 Å². The van der Waals surface area contributed by atoms with Crippen molar-refractivity contribution in [2.75, 3.05) is 0 Å². The second kappa shape index (κ2) is 7.43. The average molecular weight is 335 g/mol. The predicted molar refractivity (Wildman–Crippen MR) is 92.1 cm³/mol. The van der Waals surface area contributed by atoms with Gasteiger partial charge < -0.3 is 0 Å². The number of hydrazone groups is 1. The van der Waals surface area contributed by atoms with Crippen molar-refractivity contribution in [1.82, 2.24) is 5.43 Å². The third-order valence-corrected chi connectivity index (χ3v) is 3.86. The highest BCUT2D eigenvalue weighted by atomic mass is 35.5. The van der Waals surface area contributed by atoms with Crippen LogP contribution in [0.1, 0.15) is 41.3 Å². The van der Waals surface area contributed by atoms with E-state index < -0.39 is 0 Å². The summed E-state index contributed by atoms with van der Waals surface area (Å²) in [6.45, 7) is 4.21. The molecule has 0 spiro atoms. The highest BCUT2D eigenvalue weighted by Gasteiger charge is 2.06. The Bertz CT molecular complexity index is 674. The molecule has 2 aromatic carbocycles. The molecule has 0 saturated heterocycles. The number of hydrogen-bond acceptors (Lipinski definition) is 2. The van der Waals surface area contributed by atoms with E-state index in [1.165, 1.54) is 11.8 Å². The van der Waals surface area contributed by atoms with Crippen molar-refractivity contribution in [1.29, 1.82) is 0 Å². The van der Waals surface area contributed by atoms with Crippen molar-refractivity contribution in [3.05, 3.63) is 69.2 Å². The molecular weight excluding hydrogens is 319 g/mol. The molecule has 1 N–H and O–H groups in total. The van der Waals surface area contributed by atoms with E-state index in [-0.39, 0.29) is 5.91 Å². The van der Waals surface area contributed by atoms with Crippen LogP contribution in [-0.4, -0.2) is 12.1 Å². The zero-order valence-corrected chi connectivity index (χ0v) is 13.8. The summed E-state index contributed by atoms with van der Waals surface area (Å²) in [6.07, 6.45) is 1.44. The molecule has 22 heavy (non-hydrogen) atoms. The number of halogens is 2. The highest BCUT2D eigenvalue weighted by molar-refractivity contribution is 6.38. The van der Waals surface area contributed by atoms with Gasteiger partial charge in [0.25, 0.3) is 5.91 Å². The van der Waals surface area contributed by atoms with Crippen LogP contribution in [-0.2, 0) is 0 Å². The van der Waals surface area contributed by atoms with Gasteiger partial charge in [0.1, 0.15) is 0 Å². The number of nitrogens with one attached hydrogen (secondary N) is 1. The van der Waals surface area contributed by atoms with Gasteiger partial charge in [-0.25, -0.2) is 5.43 Å². The lowest BCUT2D eigenvalue weighted by molar-refractivity contribution is 0.0955. The summed E-state index contributed by atoms with van der Waals surface area (Å²) >= 11 is 12.0. The number of amides is 1. The Morgan fingerprint density at radius 2 is 1.68 bits per heavy atom. The fourth-order valence-corrected chi connectivity index (χ4v) is 2.37. The lowest BCUT2D eigenvalue weighted by Gasteiger charge is -2.06. The minimum Gasteiger partial charge on any atom is -0.267 e. The summed E-state index contributed by atoms with van der Waals surface area (Å²) in [5.41, 5.74) is 4.77. The molecule has 0 fully saturated rings. The Labute approximate surface area is 139 Å². The van der Waals surface area contributed by atoms with Crippen LogP contribution in [0.25, 0.3) is 0 Å². The normalized spacial score (nSPS) is 11.1. The summed E-state index contributed by atoms with van der Waals surface area (Å²) < 4.78 is 0. The zero-order chi connectivity index (χ0) is 16.1. The van der Waals surface area contributed by atoms with E-state index in [1.807, 2.05) is 12.1 Å². The van der Waals surface area contributed by atoms with Crippen molar-refractivity contribution in [3.8, 4) is 0 Å². The van der Waals surface area contributed by atoms with Gasteiger partial charge in [0.05, 0.1) is 16.3 Å². The van der Waals surface area contributed by atoms with E-state index in [0.717, 1.165) is 0 Å². The van der Waals surface area contributed by atoms with Gasteiger partial charge in [-0.05, 0) is 35.7 Å². The molecule has 1 amide bonds. The third-order valence-electron chi connectivity index (χ3n) is 3.20. The zero-order valence-electron chi connectivity index (χ0n) is 12.3. The Morgan fingerprint density at radius 1 is 1.09 bits per heavy atom. The van der Waals surface area contributed by atoms with Crippen LogP contribution >= 0.6 is 23.2 Å². The maximum Gasteiger partial charge on any atom is 0.271 e. The van der Waals surface area contributed by atoms with E-state index >= 15 is 0 Å². The minimum atomic E-state index is -0.283. The Kier molecular flexibility index (Phi) is 5.58. The van der Waals surface area contributed by atoms with Crippen molar-refractivity contribution in [2.45, 2.75) is 19.8 Å². The fraction of sp³-hybridized carbons (Fsp3) is 0.176. The van der Waals surface area contributed by atoms with Crippen LogP contribution < -0.4 is 5.43 Å². The standard InChI is InChI=1S/C17H16Cl2N2O/c1-11(2)12-6-8-13(9-7-12)17(22)21-20-10-14-15(18)4-3-5-16(14)19/h3-11H,1-2H3,(H,21,22). The number of carbonyl (C=O) groups is 1. The second-order valence-corrected chi connectivity index (χ2v) is 5.93. The molecule has 0 heterocycles. The summed E-state index contributed by atoms with van der Waals surface area (Å²) in [7, 11) is 0.